The molecule has 0 N–H and O–H groups in total. The zero-order chi connectivity index (χ0) is 35.1. The number of fused-ring (bicyclic) bond motifs is 6. The molecule has 0 radical (unpaired) electrons. The van der Waals surface area contributed by atoms with E-state index in [0.717, 1.165) is 0 Å². The quantitative estimate of drug-likeness (QED) is 0.176. The van der Waals surface area contributed by atoms with Gasteiger partial charge in [0.15, 0.2) is 0 Å². The van der Waals surface area contributed by atoms with Crippen molar-refractivity contribution >= 4 is 0 Å². The van der Waals surface area contributed by atoms with Crippen LogP contribution < -0.4 is 0 Å². The van der Waals surface area contributed by atoms with Crippen LogP contribution in [0, 0.1) is 13.8 Å². The summed E-state index contributed by atoms with van der Waals surface area (Å²) >= 11 is 0. The summed E-state index contributed by atoms with van der Waals surface area (Å²) in [7, 11) is 0. The zero-order valence-electron chi connectivity index (χ0n) is 29.6. The van der Waals surface area contributed by atoms with Gasteiger partial charge in [0.1, 0.15) is 0 Å². The number of hydrogen-bond acceptors (Lipinski definition) is 0. The Morgan fingerprint density at radius 2 is 0.577 bits per heavy atom. The van der Waals surface area contributed by atoms with Crippen molar-refractivity contribution < 1.29 is 0 Å². The summed E-state index contributed by atoms with van der Waals surface area (Å²) in [5.74, 6) is 0. The molecule has 0 nitrogen and oxygen atoms in total. The molecule has 10 rings (SSSR count). The molecular formula is C52H40. The van der Waals surface area contributed by atoms with E-state index in [1.807, 2.05) is 0 Å². The molecule has 2 aliphatic rings. The second kappa shape index (κ2) is 12.8. The van der Waals surface area contributed by atoms with Crippen LogP contribution in [0.3, 0.4) is 0 Å². The van der Waals surface area contributed by atoms with Gasteiger partial charge in [-0.1, -0.05) is 217 Å². The number of benzene rings is 8. The summed E-state index contributed by atoms with van der Waals surface area (Å²) in [4.78, 5) is 0. The van der Waals surface area contributed by atoms with Gasteiger partial charge in [-0.2, -0.15) is 0 Å². The maximum Gasteiger partial charge on any atom is 0.0713 e. The predicted octanol–water partition coefficient (Wildman–Crippen LogP) is 12.7. The average molecular weight is 665 g/mol. The van der Waals surface area contributed by atoms with Crippen molar-refractivity contribution in [2.24, 2.45) is 0 Å². The molecule has 0 aliphatic heterocycles. The largest absolute Gasteiger partial charge is 0.0713 e. The van der Waals surface area contributed by atoms with Crippen LogP contribution in [0.15, 0.2) is 206 Å². The molecule has 8 aromatic rings. The van der Waals surface area contributed by atoms with Gasteiger partial charge >= 0.3 is 0 Å². The third kappa shape index (κ3) is 4.75. The molecular weight excluding hydrogens is 625 g/mol. The molecule has 0 saturated carbocycles. The second-order valence-corrected chi connectivity index (χ2v) is 14.1. The lowest BCUT2D eigenvalue weighted by Gasteiger charge is -2.34. The van der Waals surface area contributed by atoms with E-state index < -0.39 is 0 Å². The van der Waals surface area contributed by atoms with Gasteiger partial charge in [-0.25, -0.2) is 0 Å². The Hall–Kier alpha value is -6.24. The molecule has 2 aliphatic carbocycles. The minimum absolute atomic E-state index is 0.262. The van der Waals surface area contributed by atoms with E-state index in [4.69, 9.17) is 0 Å². The van der Waals surface area contributed by atoms with Gasteiger partial charge in [0.25, 0.3) is 0 Å². The van der Waals surface area contributed by atoms with E-state index in [9.17, 15) is 0 Å². The molecule has 0 spiro atoms. The van der Waals surface area contributed by atoms with E-state index in [1.54, 1.807) is 0 Å². The van der Waals surface area contributed by atoms with Crippen molar-refractivity contribution in [1.29, 1.82) is 0 Å². The Balaban J connectivity index is 0.000000138. The topological polar surface area (TPSA) is 0 Å². The van der Waals surface area contributed by atoms with Crippen LogP contribution in [0.2, 0.25) is 0 Å². The molecule has 52 heavy (non-hydrogen) atoms. The van der Waals surface area contributed by atoms with E-state index in [-0.39, 0.29) is 10.8 Å². The van der Waals surface area contributed by atoms with Crippen molar-refractivity contribution in [2.45, 2.75) is 24.7 Å². The maximum absolute atomic E-state index is 2.34. The first-order chi connectivity index (χ1) is 25.6. The average Bonchev–Trinajstić information content (AvgIpc) is 3.68. The highest BCUT2D eigenvalue weighted by Gasteiger charge is 2.47. The van der Waals surface area contributed by atoms with Gasteiger partial charge < -0.3 is 0 Å². The Morgan fingerprint density at radius 3 is 0.981 bits per heavy atom. The van der Waals surface area contributed by atoms with Gasteiger partial charge in [0, 0.05) is 0 Å². The Bertz CT molecular complexity index is 2430. The third-order valence-corrected chi connectivity index (χ3v) is 11.3. The summed E-state index contributed by atoms with van der Waals surface area (Å²) in [5.41, 5.74) is 18.2. The van der Waals surface area contributed by atoms with Crippen LogP contribution in [0.5, 0.6) is 0 Å². The molecule has 0 fully saturated rings. The number of hydrogen-bond donors (Lipinski definition) is 0. The Kier molecular flexibility index (Phi) is 7.82. The molecule has 0 aromatic heterocycles. The van der Waals surface area contributed by atoms with Crippen molar-refractivity contribution in [3.05, 3.63) is 262 Å². The summed E-state index contributed by atoms with van der Waals surface area (Å²) < 4.78 is 0. The minimum Gasteiger partial charge on any atom is -0.0622 e. The smallest absolute Gasteiger partial charge is 0.0622 e. The highest BCUT2D eigenvalue weighted by atomic mass is 14.5. The van der Waals surface area contributed by atoms with Gasteiger partial charge in [0.2, 0.25) is 0 Å². The fraction of sp³-hybridized carbons (Fsp3) is 0.0769. The predicted molar refractivity (Wildman–Crippen MR) is 217 cm³/mol. The first kappa shape index (κ1) is 31.7. The van der Waals surface area contributed by atoms with Crippen molar-refractivity contribution in [3.8, 4) is 22.3 Å². The molecule has 248 valence electrons. The molecule has 8 aromatic carbocycles. The standard InChI is InChI=1S/2C26H20/c1-19-10-9-13-21(18-19)26(20-11-3-2-4-12-20)24-16-7-5-14-22(24)23-15-6-8-17-25(23)26;1-19-15-17-21(18-16-19)26(20-9-3-2-4-10-20)24-13-7-5-11-22(24)23-12-6-8-14-25(23)26/h2*2-18H,1H3. The number of aryl methyl sites for hydroxylation is 2. The normalized spacial score (nSPS) is 13.9. The molecule has 0 heterocycles. The monoisotopic (exact) mass is 664 g/mol. The van der Waals surface area contributed by atoms with E-state index >= 15 is 0 Å². The molecule has 0 heteroatoms. The highest BCUT2D eigenvalue weighted by Crippen LogP contribution is 2.57. The maximum atomic E-state index is 2.34. The zero-order valence-corrected chi connectivity index (χ0v) is 29.6. The van der Waals surface area contributed by atoms with Gasteiger partial charge in [-0.3, -0.25) is 0 Å². The molecule has 0 atom stereocenters. The first-order valence-electron chi connectivity index (χ1n) is 18.3. The lowest BCUT2D eigenvalue weighted by atomic mass is 9.67. The van der Waals surface area contributed by atoms with Crippen molar-refractivity contribution in [3.63, 3.8) is 0 Å². The lowest BCUT2D eigenvalue weighted by Crippen LogP contribution is -2.28. The summed E-state index contributed by atoms with van der Waals surface area (Å²) in [6, 6.07) is 75.3. The van der Waals surface area contributed by atoms with Crippen molar-refractivity contribution in [1.82, 2.24) is 0 Å². The van der Waals surface area contributed by atoms with Crippen LogP contribution in [-0.4, -0.2) is 0 Å². The Labute approximate surface area is 307 Å². The van der Waals surface area contributed by atoms with Crippen molar-refractivity contribution in [2.75, 3.05) is 0 Å². The molecule has 0 unspecified atom stereocenters. The van der Waals surface area contributed by atoms with E-state index in [1.165, 1.54) is 77.9 Å². The Morgan fingerprint density at radius 1 is 0.250 bits per heavy atom. The van der Waals surface area contributed by atoms with Crippen LogP contribution in [-0.2, 0) is 10.8 Å². The molecule has 0 amide bonds. The van der Waals surface area contributed by atoms with Crippen LogP contribution in [0.1, 0.15) is 55.6 Å². The molecule has 0 saturated heterocycles. The van der Waals surface area contributed by atoms with Crippen LogP contribution in [0.4, 0.5) is 0 Å². The van der Waals surface area contributed by atoms with E-state index in [2.05, 4.69) is 220 Å². The summed E-state index contributed by atoms with van der Waals surface area (Å²) in [6.45, 7) is 4.32. The van der Waals surface area contributed by atoms with E-state index in [0.29, 0.717) is 0 Å². The van der Waals surface area contributed by atoms with Gasteiger partial charge in [-0.15, -0.1) is 0 Å². The van der Waals surface area contributed by atoms with Gasteiger partial charge in [-0.05, 0) is 80.6 Å². The lowest BCUT2D eigenvalue weighted by molar-refractivity contribution is 0.767. The summed E-state index contributed by atoms with van der Waals surface area (Å²) in [6.07, 6.45) is 0. The van der Waals surface area contributed by atoms with Crippen LogP contribution >= 0.6 is 0 Å². The third-order valence-electron chi connectivity index (χ3n) is 11.3. The molecule has 0 bridgehead atoms. The number of rotatable bonds is 4. The van der Waals surface area contributed by atoms with Gasteiger partial charge in [0.05, 0.1) is 10.8 Å². The summed E-state index contributed by atoms with van der Waals surface area (Å²) in [5, 5.41) is 0. The highest BCUT2D eigenvalue weighted by molar-refractivity contribution is 5.87. The SMILES string of the molecule is Cc1ccc(C2(c3ccccc3)c3ccccc3-c3ccccc32)cc1.Cc1cccc(C2(c3ccccc3)c3ccccc3-c3ccccc32)c1. The fourth-order valence-electron chi connectivity index (χ4n) is 9.11. The fourth-order valence-corrected chi connectivity index (χ4v) is 9.11. The second-order valence-electron chi connectivity index (χ2n) is 14.1. The first-order valence-corrected chi connectivity index (χ1v) is 18.3. The minimum atomic E-state index is -0.263. The van der Waals surface area contributed by atoms with Crippen LogP contribution in [0.25, 0.3) is 22.3 Å².